The van der Waals surface area contributed by atoms with Crippen LogP contribution in [-0.2, 0) is 9.53 Å². The fourth-order valence-corrected chi connectivity index (χ4v) is 3.28. The molecule has 0 radical (unpaired) electrons. The molecule has 2 aromatic carbocycles. The monoisotopic (exact) mass is 435 g/mol. The van der Waals surface area contributed by atoms with E-state index < -0.39 is 4.92 Å². The molecule has 27 heavy (non-hydrogen) atoms. The summed E-state index contributed by atoms with van der Waals surface area (Å²) in [5.74, 6) is 0.0685. The highest BCUT2D eigenvalue weighted by molar-refractivity contribution is 9.10. The lowest BCUT2D eigenvalue weighted by atomic mass is 10.2. The van der Waals surface area contributed by atoms with Gasteiger partial charge in [0.2, 0.25) is 0 Å². The Balaban J connectivity index is 1.54. The highest BCUT2D eigenvalue weighted by Crippen LogP contribution is 2.30. The number of nitro groups is 1. The van der Waals surface area contributed by atoms with E-state index in [0.717, 1.165) is 23.2 Å². The van der Waals surface area contributed by atoms with Crippen molar-refractivity contribution >= 4 is 38.9 Å². The highest BCUT2D eigenvalue weighted by Gasteiger charge is 2.15. The zero-order valence-electron chi connectivity index (χ0n) is 14.4. The molecule has 1 amide bonds. The fourth-order valence-electron chi connectivity index (χ4n) is 2.66. The molecule has 1 heterocycles. The zero-order valence-corrected chi connectivity index (χ0v) is 16.0. The summed E-state index contributed by atoms with van der Waals surface area (Å²) in [6.45, 7) is 2.86. The van der Waals surface area contributed by atoms with Crippen LogP contribution in [0.1, 0.15) is 0 Å². The maximum Gasteiger partial charge on any atom is 0.269 e. The van der Waals surface area contributed by atoms with Crippen molar-refractivity contribution in [3.63, 3.8) is 0 Å². The molecule has 8 nitrogen and oxygen atoms in total. The van der Waals surface area contributed by atoms with E-state index in [0.29, 0.717) is 24.7 Å². The molecule has 1 fully saturated rings. The molecule has 0 saturated carbocycles. The van der Waals surface area contributed by atoms with Crippen molar-refractivity contribution in [1.82, 2.24) is 0 Å². The van der Waals surface area contributed by atoms with Gasteiger partial charge in [0.1, 0.15) is 5.75 Å². The predicted molar refractivity (Wildman–Crippen MR) is 104 cm³/mol. The van der Waals surface area contributed by atoms with E-state index in [-0.39, 0.29) is 18.2 Å². The van der Waals surface area contributed by atoms with Crippen LogP contribution in [0.25, 0.3) is 0 Å². The maximum absolute atomic E-state index is 12.1. The molecule has 0 atom stereocenters. The first-order valence-electron chi connectivity index (χ1n) is 8.32. The number of nitro benzene ring substituents is 1. The first kappa shape index (κ1) is 19.1. The molecule has 0 unspecified atom stereocenters. The van der Waals surface area contributed by atoms with Gasteiger partial charge in [0.15, 0.2) is 6.61 Å². The van der Waals surface area contributed by atoms with Crippen LogP contribution in [0, 0.1) is 10.1 Å². The third-order valence-electron chi connectivity index (χ3n) is 4.00. The average Bonchev–Trinajstić information content (AvgIpc) is 2.67. The van der Waals surface area contributed by atoms with Gasteiger partial charge in [0.05, 0.1) is 23.8 Å². The molecule has 1 aliphatic heterocycles. The number of ether oxygens (including phenoxy) is 2. The van der Waals surface area contributed by atoms with E-state index in [1.54, 1.807) is 0 Å². The molecular formula is C18H18BrN3O5. The number of rotatable bonds is 6. The minimum atomic E-state index is -0.491. The third kappa shape index (κ3) is 5.18. The summed E-state index contributed by atoms with van der Waals surface area (Å²) in [4.78, 5) is 24.4. The van der Waals surface area contributed by atoms with E-state index in [2.05, 4.69) is 26.1 Å². The number of nitrogens with zero attached hydrogens (tertiary/aromatic N) is 2. The van der Waals surface area contributed by atoms with Crippen LogP contribution in [0.2, 0.25) is 0 Å². The topological polar surface area (TPSA) is 93.9 Å². The quantitative estimate of drug-likeness (QED) is 0.552. The van der Waals surface area contributed by atoms with Crippen LogP contribution in [0.4, 0.5) is 17.1 Å². The van der Waals surface area contributed by atoms with Gasteiger partial charge in [0, 0.05) is 35.4 Å². The summed E-state index contributed by atoms with van der Waals surface area (Å²) in [7, 11) is 0. The van der Waals surface area contributed by atoms with Crippen molar-refractivity contribution in [1.29, 1.82) is 0 Å². The van der Waals surface area contributed by atoms with Crippen molar-refractivity contribution in [2.24, 2.45) is 0 Å². The van der Waals surface area contributed by atoms with Gasteiger partial charge in [-0.05, 0) is 46.3 Å². The van der Waals surface area contributed by atoms with Gasteiger partial charge in [-0.1, -0.05) is 0 Å². The van der Waals surface area contributed by atoms with Gasteiger partial charge in [-0.3, -0.25) is 14.9 Å². The Morgan fingerprint density at radius 3 is 2.56 bits per heavy atom. The molecular weight excluding hydrogens is 418 g/mol. The molecule has 0 bridgehead atoms. The number of hydrogen-bond donors (Lipinski definition) is 1. The lowest BCUT2D eigenvalue weighted by Crippen LogP contribution is -2.36. The number of anilines is 2. The van der Waals surface area contributed by atoms with Gasteiger partial charge >= 0.3 is 0 Å². The smallest absolute Gasteiger partial charge is 0.269 e. The lowest BCUT2D eigenvalue weighted by molar-refractivity contribution is -0.384. The normalized spacial score (nSPS) is 13.9. The van der Waals surface area contributed by atoms with Gasteiger partial charge in [-0.25, -0.2) is 0 Å². The zero-order chi connectivity index (χ0) is 19.2. The number of amides is 1. The van der Waals surface area contributed by atoms with E-state index in [1.807, 2.05) is 18.2 Å². The van der Waals surface area contributed by atoms with Gasteiger partial charge in [-0.2, -0.15) is 0 Å². The number of carbonyl (C=O) groups is 1. The van der Waals surface area contributed by atoms with Gasteiger partial charge < -0.3 is 19.7 Å². The Morgan fingerprint density at radius 1 is 1.22 bits per heavy atom. The molecule has 0 spiro atoms. The van der Waals surface area contributed by atoms with E-state index >= 15 is 0 Å². The fraction of sp³-hybridized carbons (Fsp3) is 0.278. The van der Waals surface area contributed by atoms with Crippen molar-refractivity contribution < 1.29 is 19.2 Å². The van der Waals surface area contributed by atoms with Gasteiger partial charge in [-0.15, -0.1) is 0 Å². The standard InChI is InChI=1S/C18H18BrN3O5/c19-16-11-13(1-6-17(16)21-7-9-26-10-8-21)20-18(23)12-27-15-4-2-14(3-5-15)22(24)25/h1-6,11H,7-10,12H2,(H,20,23). The number of benzene rings is 2. The second-order valence-corrected chi connectivity index (χ2v) is 6.71. The number of halogens is 1. The summed E-state index contributed by atoms with van der Waals surface area (Å²) < 4.78 is 11.6. The first-order chi connectivity index (χ1) is 13.0. The van der Waals surface area contributed by atoms with Crippen molar-refractivity contribution in [3.8, 4) is 5.75 Å². The Bertz CT molecular complexity index is 822. The Kier molecular flexibility index (Phi) is 6.25. The molecule has 2 aromatic rings. The van der Waals surface area contributed by atoms with E-state index in [9.17, 15) is 14.9 Å². The van der Waals surface area contributed by atoms with Gasteiger partial charge in [0.25, 0.3) is 11.6 Å². The molecule has 0 aromatic heterocycles. The van der Waals surface area contributed by atoms with Crippen LogP contribution in [-0.4, -0.2) is 43.7 Å². The second-order valence-electron chi connectivity index (χ2n) is 5.85. The highest BCUT2D eigenvalue weighted by atomic mass is 79.9. The second kappa shape index (κ2) is 8.83. The number of morpholine rings is 1. The average molecular weight is 436 g/mol. The van der Waals surface area contributed by atoms with Crippen LogP contribution < -0.4 is 15.0 Å². The van der Waals surface area contributed by atoms with Crippen molar-refractivity contribution in [2.45, 2.75) is 0 Å². The van der Waals surface area contributed by atoms with Crippen LogP contribution in [0.5, 0.6) is 5.75 Å². The molecule has 1 saturated heterocycles. The van der Waals surface area contributed by atoms with Crippen molar-refractivity contribution in [2.75, 3.05) is 43.1 Å². The van der Waals surface area contributed by atoms with Crippen LogP contribution in [0.3, 0.4) is 0 Å². The van der Waals surface area contributed by atoms with Crippen molar-refractivity contribution in [3.05, 3.63) is 57.1 Å². The Morgan fingerprint density at radius 2 is 1.93 bits per heavy atom. The van der Waals surface area contributed by atoms with E-state index in [1.165, 1.54) is 24.3 Å². The van der Waals surface area contributed by atoms with E-state index in [4.69, 9.17) is 9.47 Å². The predicted octanol–water partition coefficient (Wildman–Crippen LogP) is 3.21. The minimum absolute atomic E-state index is 0.0305. The van der Waals surface area contributed by atoms with Crippen LogP contribution >= 0.6 is 15.9 Å². The maximum atomic E-state index is 12.1. The summed E-state index contributed by atoms with van der Waals surface area (Å²) in [5, 5.41) is 13.4. The molecule has 9 heteroatoms. The van der Waals surface area contributed by atoms with Crippen LogP contribution in [0.15, 0.2) is 46.9 Å². The Hall–Kier alpha value is -2.65. The number of non-ortho nitro benzene ring substituents is 1. The SMILES string of the molecule is O=C(COc1ccc([N+](=O)[O-])cc1)Nc1ccc(N2CCOCC2)c(Br)c1. The molecule has 1 N–H and O–H groups in total. The minimum Gasteiger partial charge on any atom is -0.484 e. The molecule has 3 rings (SSSR count). The number of hydrogen-bond acceptors (Lipinski definition) is 6. The largest absolute Gasteiger partial charge is 0.484 e. The first-order valence-corrected chi connectivity index (χ1v) is 9.11. The molecule has 1 aliphatic rings. The summed E-state index contributed by atoms with van der Waals surface area (Å²) in [6, 6.07) is 11.2. The molecule has 142 valence electrons. The Labute approximate surface area is 164 Å². The number of carbonyl (C=O) groups excluding carboxylic acids is 1. The molecule has 0 aliphatic carbocycles. The lowest BCUT2D eigenvalue weighted by Gasteiger charge is -2.29. The summed E-state index contributed by atoms with van der Waals surface area (Å²) >= 11 is 3.55. The summed E-state index contributed by atoms with van der Waals surface area (Å²) in [5.41, 5.74) is 1.67. The third-order valence-corrected chi connectivity index (χ3v) is 4.64. The summed E-state index contributed by atoms with van der Waals surface area (Å²) in [6.07, 6.45) is 0. The number of nitrogens with one attached hydrogen (secondary N) is 1.